The molecule has 0 saturated carbocycles. The standard InChI is InChI=1S/C11H21N5/c1-3-16-8-10(12)13-11(16)9-15-6-4-14(2)5-7-15/h8H,3-7,9,12H2,1-2H3. The number of nitrogens with zero attached hydrogens (tertiary/aromatic N) is 4. The SMILES string of the molecule is CCn1cc(N)nc1CN1CCN(C)CC1. The molecule has 1 aromatic heterocycles. The third-order valence-corrected chi connectivity index (χ3v) is 3.18. The Kier molecular flexibility index (Phi) is 3.46. The summed E-state index contributed by atoms with van der Waals surface area (Å²) in [6, 6.07) is 0. The number of likely N-dealkylation sites (N-methyl/N-ethyl adjacent to an activating group) is 1. The summed E-state index contributed by atoms with van der Waals surface area (Å²) in [6.07, 6.45) is 1.92. The highest BCUT2D eigenvalue weighted by atomic mass is 15.3. The third-order valence-electron chi connectivity index (χ3n) is 3.18. The fourth-order valence-corrected chi connectivity index (χ4v) is 2.08. The first-order valence-corrected chi connectivity index (χ1v) is 5.91. The van der Waals surface area contributed by atoms with Gasteiger partial charge in [0, 0.05) is 38.9 Å². The van der Waals surface area contributed by atoms with Gasteiger partial charge in [0.1, 0.15) is 11.6 Å². The van der Waals surface area contributed by atoms with E-state index in [1.807, 2.05) is 6.20 Å². The quantitative estimate of drug-likeness (QED) is 0.797. The lowest BCUT2D eigenvalue weighted by atomic mass is 10.3. The molecule has 1 aromatic rings. The zero-order valence-corrected chi connectivity index (χ0v) is 10.2. The molecular weight excluding hydrogens is 202 g/mol. The molecule has 0 aromatic carbocycles. The highest BCUT2D eigenvalue weighted by molar-refractivity contribution is 5.25. The summed E-state index contributed by atoms with van der Waals surface area (Å²) in [4.78, 5) is 9.18. The summed E-state index contributed by atoms with van der Waals surface area (Å²) in [5.41, 5.74) is 5.72. The second-order valence-electron chi connectivity index (χ2n) is 4.45. The van der Waals surface area contributed by atoms with Gasteiger partial charge in [-0.15, -0.1) is 0 Å². The van der Waals surface area contributed by atoms with Gasteiger partial charge in [-0.05, 0) is 14.0 Å². The van der Waals surface area contributed by atoms with Crippen molar-refractivity contribution in [3.63, 3.8) is 0 Å². The first kappa shape index (κ1) is 11.4. The number of aryl methyl sites for hydroxylation is 1. The van der Waals surface area contributed by atoms with Crippen molar-refractivity contribution in [1.29, 1.82) is 0 Å². The van der Waals surface area contributed by atoms with Gasteiger partial charge in [0.2, 0.25) is 0 Å². The molecule has 0 amide bonds. The Labute approximate surface area is 96.8 Å². The van der Waals surface area contributed by atoms with E-state index in [9.17, 15) is 0 Å². The average Bonchev–Trinajstić information content (AvgIpc) is 2.62. The molecule has 0 bridgehead atoms. The van der Waals surface area contributed by atoms with Crippen molar-refractivity contribution in [1.82, 2.24) is 19.4 Å². The molecule has 5 heteroatoms. The molecule has 0 radical (unpaired) electrons. The van der Waals surface area contributed by atoms with Crippen molar-refractivity contribution in [3.05, 3.63) is 12.0 Å². The van der Waals surface area contributed by atoms with Crippen LogP contribution in [0, 0.1) is 0 Å². The zero-order valence-electron chi connectivity index (χ0n) is 10.2. The van der Waals surface area contributed by atoms with Crippen LogP contribution in [0.5, 0.6) is 0 Å². The van der Waals surface area contributed by atoms with Crippen LogP contribution >= 0.6 is 0 Å². The van der Waals surface area contributed by atoms with Crippen molar-refractivity contribution >= 4 is 5.82 Å². The van der Waals surface area contributed by atoms with E-state index in [-0.39, 0.29) is 0 Å². The molecule has 2 heterocycles. The second-order valence-corrected chi connectivity index (χ2v) is 4.45. The minimum atomic E-state index is 0.631. The molecule has 90 valence electrons. The third kappa shape index (κ3) is 2.54. The van der Waals surface area contributed by atoms with E-state index in [0.717, 1.165) is 45.1 Å². The van der Waals surface area contributed by atoms with Gasteiger partial charge >= 0.3 is 0 Å². The number of nitrogens with two attached hydrogens (primary N) is 1. The summed E-state index contributed by atoms with van der Waals surface area (Å²) < 4.78 is 2.13. The van der Waals surface area contributed by atoms with Gasteiger partial charge in [-0.1, -0.05) is 0 Å². The molecule has 2 N–H and O–H groups in total. The van der Waals surface area contributed by atoms with Crippen LogP contribution in [0.25, 0.3) is 0 Å². The van der Waals surface area contributed by atoms with Crippen molar-refractivity contribution in [3.8, 4) is 0 Å². The van der Waals surface area contributed by atoms with Gasteiger partial charge in [-0.3, -0.25) is 4.90 Å². The maximum Gasteiger partial charge on any atom is 0.141 e. The second kappa shape index (κ2) is 4.84. The van der Waals surface area contributed by atoms with Crippen LogP contribution in [0.4, 0.5) is 5.82 Å². The fourth-order valence-electron chi connectivity index (χ4n) is 2.08. The predicted octanol–water partition coefficient (Wildman–Crippen LogP) is 0.233. The van der Waals surface area contributed by atoms with E-state index in [4.69, 9.17) is 5.73 Å². The van der Waals surface area contributed by atoms with Gasteiger partial charge in [0.05, 0.1) is 6.54 Å². The van der Waals surface area contributed by atoms with Gasteiger partial charge in [-0.25, -0.2) is 4.98 Å². The Balaban J connectivity index is 1.97. The highest BCUT2D eigenvalue weighted by Crippen LogP contribution is 2.09. The summed E-state index contributed by atoms with van der Waals surface area (Å²) in [5, 5.41) is 0. The van der Waals surface area contributed by atoms with Gasteiger partial charge in [0.15, 0.2) is 0 Å². The lowest BCUT2D eigenvalue weighted by Gasteiger charge is -2.32. The lowest BCUT2D eigenvalue weighted by molar-refractivity contribution is 0.144. The van der Waals surface area contributed by atoms with Gasteiger partial charge < -0.3 is 15.2 Å². The van der Waals surface area contributed by atoms with E-state index in [1.54, 1.807) is 0 Å². The van der Waals surface area contributed by atoms with Crippen LogP contribution in [-0.4, -0.2) is 52.6 Å². The Morgan fingerprint density at radius 2 is 2.00 bits per heavy atom. The highest BCUT2D eigenvalue weighted by Gasteiger charge is 2.16. The van der Waals surface area contributed by atoms with Crippen LogP contribution in [0.3, 0.4) is 0 Å². The smallest absolute Gasteiger partial charge is 0.141 e. The Bertz CT molecular complexity index is 338. The van der Waals surface area contributed by atoms with Crippen molar-refractivity contribution in [2.75, 3.05) is 39.0 Å². The normalized spacial score (nSPS) is 19.1. The number of rotatable bonds is 3. The van der Waals surface area contributed by atoms with E-state index in [1.165, 1.54) is 0 Å². The molecule has 1 saturated heterocycles. The predicted molar refractivity (Wildman–Crippen MR) is 65.1 cm³/mol. The topological polar surface area (TPSA) is 50.3 Å². The van der Waals surface area contributed by atoms with Crippen LogP contribution in [0.15, 0.2) is 6.20 Å². The number of piperazine rings is 1. The number of imidazole rings is 1. The van der Waals surface area contributed by atoms with Crippen LogP contribution < -0.4 is 5.73 Å². The molecule has 1 aliphatic rings. The van der Waals surface area contributed by atoms with E-state index in [0.29, 0.717) is 5.82 Å². The van der Waals surface area contributed by atoms with Crippen molar-refractivity contribution in [2.24, 2.45) is 0 Å². The summed E-state index contributed by atoms with van der Waals surface area (Å²) >= 11 is 0. The average molecular weight is 223 g/mol. The maximum atomic E-state index is 5.72. The number of hydrogen-bond donors (Lipinski definition) is 1. The van der Waals surface area contributed by atoms with Gasteiger partial charge in [-0.2, -0.15) is 0 Å². The van der Waals surface area contributed by atoms with Crippen LogP contribution in [0.1, 0.15) is 12.7 Å². The van der Waals surface area contributed by atoms with Gasteiger partial charge in [0.25, 0.3) is 0 Å². The molecule has 0 spiro atoms. The zero-order chi connectivity index (χ0) is 11.5. The largest absolute Gasteiger partial charge is 0.382 e. The van der Waals surface area contributed by atoms with Crippen LogP contribution in [-0.2, 0) is 13.1 Å². The number of nitrogen functional groups attached to an aromatic ring is 1. The molecule has 2 rings (SSSR count). The first-order valence-electron chi connectivity index (χ1n) is 5.91. The summed E-state index contributed by atoms with van der Waals surface area (Å²) in [7, 11) is 2.17. The van der Waals surface area contributed by atoms with E-state index in [2.05, 4.69) is 33.3 Å². The van der Waals surface area contributed by atoms with Crippen molar-refractivity contribution < 1.29 is 0 Å². The molecule has 0 unspecified atom stereocenters. The number of aromatic nitrogens is 2. The molecule has 0 atom stereocenters. The number of hydrogen-bond acceptors (Lipinski definition) is 4. The molecule has 0 aliphatic carbocycles. The lowest BCUT2D eigenvalue weighted by Crippen LogP contribution is -2.44. The van der Waals surface area contributed by atoms with Crippen LogP contribution in [0.2, 0.25) is 0 Å². The minimum absolute atomic E-state index is 0.631. The number of anilines is 1. The fraction of sp³-hybridized carbons (Fsp3) is 0.727. The molecule has 5 nitrogen and oxygen atoms in total. The Hall–Kier alpha value is -1.07. The Morgan fingerprint density at radius 3 is 2.62 bits per heavy atom. The molecule has 1 fully saturated rings. The summed E-state index contributed by atoms with van der Waals surface area (Å²) in [5.74, 6) is 1.72. The summed E-state index contributed by atoms with van der Waals surface area (Å²) in [6.45, 7) is 8.49. The first-order chi connectivity index (χ1) is 7.69. The monoisotopic (exact) mass is 223 g/mol. The van der Waals surface area contributed by atoms with E-state index < -0.39 is 0 Å². The maximum absolute atomic E-state index is 5.72. The molecule has 16 heavy (non-hydrogen) atoms. The van der Waals surface area contributed by atoms with Crippen molar-refractivity contribution in [2.45, 2.75) is 20.0 Å². The minimum Gasteiger partial charge on any atom is -0.382 e. The molecular formula is C11H21N5. The molecule has 1 aliphatic heterocycles. The Morgan fingerprint density at radius 1 is 1.31 bits per heavy atom. The van der Waals surface area contributed by atoms with E-state index >= 15 is 0 Å².